The van der Waals surface area contributed by atoms with Crippen LogP contribution in [0.1, 0.15) is 12.6 Å². The summed E-state index contributed by atoms with van der Waals surface area (Å²) in [7, 11) is 0. The lowest BCUT2D eigenvalue weighted by molar-refractivity contribution is 0.681. The predicted molar refractivity (Wildman–Crippen MR) is 83.5 cm³/mol. The van der Waals surface area contributed by atoms with Gasteiger partial charge in [0, 0.05) is 11.9 Å². The summed E-state index contributed by atoms with van der Waals surface area (Å²) in [6.45, 7) is 3.39. The van der Waals surface area contributed by atoms with E-state index in [1.807, 2.05) is 49.4 Å². The zero-order valence-corrected chi connectivity index (χ0v) is 11.8. The predicted octanol–water partition coefficient (Wildman–Crippen LogP) is 2.27. The molecular formula is C16H16N4O. The van der Waals surface area contributed by atoms with Gasteiger partial charge in [-0.15, -0.1) is 0 Å². The van der Waals surface area contributed by atoms with Crippen LogP contribution in [0.5, 0.6) is 0 Å². The SMILES string of the molecule is CCNc1cccc(Cn2ncc(=O)c3ccccc32)n1. The van der Waals surface area contributed by atoms with E-state index in [0.29, 0.717) is 11.9 Å². The van der Waals surface area contributed by atoms with Gasteiger partial charge in [-0.1, -0.05) is 18.2 Å². The number of aromatic nitrogens is 3. The average Bonchev–Trinajstić information content (AvgIpc) is 2.51. The van der Waals surface area contributed by atoms with Crippen LogP contribution < -0.4 is 10.7 Å². The molecule has 0 aliphatic heterocycles. The highest BCUT2D eigenvalue weighted by atomic mass is 16.1. The van der Waals surface area contributed by atoms with E-state index in [1.54, 1.807) is 4.68 Å². The average molecular weight is 280 g/mol. The number of benzene rings is 1. The van der Waals surface area contributed by atoms with Gasteiger partial charge in [0.05, 0.1) is 24.0 Å². The first kappa shape index (κ1) is 13.3. The number of nitrogens with zero attached hydrogens (tertiary/aromatic N) is 3. The van der Waals surface area contributed by atoms with Crippen LogP contribution in [0.4, 0.5) is 5.82 Å². The number of hydrogen-bond acceptors (Lipinski definition) is 4. The molecule has 0 saturated carbocycles. The Morgan fingerprint density at radius 3 is 2.86 bits per heavy atom. The second-order valence-corrected chi connectivity index (χ2v) is 4.73. The van der Waals surface area contributed by atoms with Gasteiger partial charge in [-0.2, -0.15) is 5.10 Å². The molecule has 5 heteroatoms. The summed E-state index contributed by atoms with van der Waals surface area (Å²) in [6.07, 6.45) is 1.36. The molecular weight excluding hydrogens is 264 g/mol. The van der Waals surface area contributed by atoms with Gasteiger partial charge in [0.25, 0.3) is 0 Å². The van der Waals surface area contributed by atoms with E-state index in [9.17, 15) is 4.79 Å². The molecule has 5 nitrogen and oxygen atoms in total. The Labute approximate surface area is 122 Å². The third-order valence-corrected chi connectivity index (χ3v) is 3.24. The molecule has 106 valence electrons. The number of hydrogen-bond donors (Lipinski definition) is 1. The minimum absolute atomic E-state index is 0.0591. The van der Waals surface area contributed by atoms with Gasteiger partial charge in [-0.05, 0) is 31.2 Å². The summed E-state index contributed by atoms with van der Waals surface area (Å²) in [5.74, 6) is 0.848. The van der Waals surface area contributed by atoms with Crippen molar-refractivity contribution in [3.05, 3.63) is 64.6 Å². The number of anilines is 1. The summed E-state index contributed by atoms with van der Waals surface area (Å²) < 4.78 is 1.80. The van der Waals surface area contributed by atoms with E-state index in [0.717, 1.165) is 23.6 Å². The lowest BCUT2D eigenvalue weighted by atomic mass is 10.2. The Kier molecular flexibility index (Phi) is 3.64. The first-order valence-corrected chi connectivity index (χ1v) is 6.92. The van der Waals surface area contributed by atoms with Gasteiger partial charge in [-0.3, -0.25) is 9.48 Å². The largest absolute Gasteiger partial charge is 0.370 e. The lowest BCUT2D eigenvalue weighted by Crippen LogP contribution is -2.13. The lowest BCUT2D eigenvalue weighted by Gasteiger charge is -2.10. The third-order valence-electron chi connectivity index (χ3n) is 3.24. The Balaban J connectivity index is 2.00. The first-order valence-electron chi connectivity index (χ1n) is 6.92. The molecule has 0 saturated heterocycles. The quantitative estimate of drug-likeness (QED) is 0.796. The van der Waals surface area contributed by atoms with Crippen LogP contribution in [0.2, 0.25) is 0 Å². The molecule has 0 radical (unpaired) electrons. The molecule has 0 amide bonds. The highest BCUT2D eigenvalue weighted by Gasteiger charge is 2.05. The summed E-state index contributed by atoms with van der Waals surface area (Å²) in [4.78, 5) is 16.4. The summed E-state index contributed by atoms with van der Waals surface area (Å²) >= 11 is 0. The van der Waals surface area contributed by atoms with Gasteiger partial charge < -0.3 is 5.32 Å². The Morgan fingerprint density at radius 1 is 1.14 bits per heavy atom. The molecule has 3 aromatic rings. The Hall–Kier alpha value is -2.69. The second kappa shape index (κ2) is 5.75. The van der Waals surface area contributed by atoms with Gasteiger partial charge in [0.15, 0.2) is 0 Å². The summed E-state index contributed by atoms with van der Waals surface area (Å²) in [5, 5.41) is 8.09. The fraction of sp³-hybridized carbons (Fsp3) is 0.188. The molecule has 0 fully saturated rings. The molecule has 2 heterocycles. The highest BCUT2D eigenvalue weighted by Crippen LogP contribution is 2.11. The van der Waals surface area contributed by atoms with Crippen LogP contribution in [0.25, 0.3) is 10.9 Å². The summed E-state index contributed by atoms with van der Waals surface area (Å²) in [5.41, 5.74) is 1.66. The van der Waals surface area contributed by atoms with Gasteiger partial charge >= 0.3 is 0 Å². The van der Waals surface area contributed by atoms with Crippen molar-refractivity contribution in [3.8, 4) is 0 Å². The molecule has 1 N–H and O–H groups in total. The fourth-order valence-corrected chi connectivity index (χ4v) is 2.29. The van der Waals surface area contributed by atoms with Crippen LogP contribution in [-0.2, 0) is 6.54 Å². The Morgan fingerprint density at radius 2 is 2.00 bits per heavy atom. The zero-order valence-electron chi connectivity index (χ0n) is 11.8. The molecule has 2 aromatic heterocycles. The van der Waals surface area contributed by atoms with Crippen LogP contribution >= 0.6 is 0 Å². The zero-order chi connectivity index (χ0) is 14.7. The molecule has 0 aliphatic rings. The van der Waals surface area contributed by atoms with Crippen molar-refractivity contribution in [2.45, 2.75) is 13.5 Å². The maximum absolute atomic E-state index is 11.8. The van der Waals surface area contributed by atoms with Gasteiger partial charge in [0.2, 0.25) is 5.43 Å². The fourth-order valence-electron chi connectivity index (χ4n) is 2.29. The first-order chi connectivity index (χ1) is 10.3. The van der Waals surface area contributed by atoms with Crippen molar-refractivity contribution in [1.29, 1.82) is 0 Å². The Bertz CT molecular complexity index is 826. The number of nitrogens with one attached hydrogen (secondary N) is 1. The second-order valence-electron chi connectivity index (χ2n) is 4.73. The van der Waals surface area contributed by atoms with Crippen molar-refractivity contribution < 1.29 is 0 Å². The number of pyridine rings is 1. The van der Waals surface area contributed by atoms with E-state index in [2.05, 4.69) is 15.4 Å². The monoisotopic (exact) mass is 280 g/mol. The van der Waals surface area contributed by atoms with E-state index in [4.69, 9.17) is 0 Å². The highest BCUT2D eigenvalue weighted by molar-refractivity contribution is 5.77. The van der Waals surface area contributed by atoms with Crippen molar-refractivity contribution in [1.82, 2.24) is 14.8 Å². The number of rotatable bonds is 4. The topological polar surface area (TPSA) is 59.8 Å². The molecule has 0 spiro atoms. The maximum atomic E-state index is 11.8. The number of para-hydroxylation sites is 1. The smallest absolute Gasteiger partial charge is 0.207 e. The van der Waals surface area contributed by atoms with Crippen molar-refractivity contribution in [2.75, 3.05) is 11.9 Å². The molecule has 21 heavy (non-hydrogen) atoms. The van der Waals surface area contributed by atoms with E-state index in [-0.39, 0.29) is 5.43 Å². The minimum Gasteiger partial charge on any atom is -0.370 e. The van der Waals surface area contributed by atoms with Crippen LogP contribution in [0.15, 0.2) is 53.5 Å². The van der Waals surface area contributed by atoms with Crippen LogP contribution in [0.3, 0.4) is 0 Å². The van der Waals surface area contributed by atoms with Crippen LogP contribution in [0, 0.1) is 0 Å². The van der Waals surface area contributed by atoms with Crippen molar-refractivity contribution in [2.24, 2.45) is 0 Å². The normalized spacial score (nSPS) is 10.7. The van der Waals surface area contributed by atoms with Crippen molar-refractivity contribution in [3.63, 3.8) is 0 Å². The molecule has 0 unspecified atom stereocenters. The standard InChI is InChI=1S/C16H16N4O/c1-2-17-16-9-5-6-12(19-16)11-20-14-8-4-3-7-13(14)15(21)10-18-20/h3-10H,2,11H2,1H3,(H,17,19). The minimum atomic E-state index is -0.0591. The maximum Gasteiger partial charge on any atom is 0.207 e. The summed E-state index contributed by atoms with van der Waals surface area (Å²) in [6, 6.07) is 13.3. The van der Waals surface area contributed by atoms with Gasteiger partial charge in [-0.25, -0.2) is 4.98 Å². The van der Waals surface area contributed by atoms with E-state index in [1.165, 1.54) is 6.20 Å². The molecule has 0 atom stereocenters. The molecule has 3 rings (SSSR count). The van der Waals surface area contributed by atoms with E-state index < -0.39 is 0 Å². The van der Waals surface area contributed by atoms with Gasteiger partial charge in [0.1, 0.15) is 5.82 Å². The number of fused-ring (bicyclic) bond motifs is 1. The molecule has 0 bridgehead atoms. The molecule has 0 aliphatic carbocycles. The van der Waals surface area contributed by atoms with Crippen LogP contribution in [-0.4, -0.2) is 21.3 Å². The molecule has 1 aromatic carbocycles. The van der Waals surface area contributed by atoms with E-state index >= 15 is 0 Å². The third kappa shape index (κ3) is 2.76. The van der Waals surface area contributed by atoms with Crippen molar-refractivity contribution >= 4 is 16.7 Å².